The number of para-hydroxylation sites is 1. The summed E-state index contributed by atoms with van der Waals surface area (Å²) >= 11 is 0. The normalized spacial score (nSPS) is 13.2. The van der Waals surface area contributed by atoms with E-state index in [1.165, 1.54) is 0 Å². The molecule has 0 unspecified atom stereocenters. The van der Waals surface area contributed by atoms with Crippen LogP contribution < -0.4 is 5.43 Å². The number of amidine groups is 1. The van der Waals surface area contributed by atoms with Crippen LogP contribution >= 0.6 is 0 Å². The molecule has 1 aliphatic rings. The standard InChI is InChI=1S/C18H13N5/c1-2-8-16-15(7-1)17(13-5-3-9-19-11-13)22-23-18(21-16)14-6-4-10-20-12-14/h1-12H,(H,21,23). The van der Waals surface area contributed by atoms with Crippen molar-refractivity contribution in [3.63, 3.8) is 0 Å². The molecule has 1 aliphatic heterocycles. The number of pyridine rings is 2. The minimum atomic E-state index is 0.671. The highest BCUT2D eigenvalue weighted by molar-refractivity contribution is 6.17. The smallest absolute Gasteiger partial charge is 0.155 e. The molecule has 0 fully saturated rings. The number of hydrazone groups is 1. The molecule has 5 nitrogen and oxygen atoms in total. The molecule has 0 saturated heterocycles. The van der Waals surface area contributed by atoms with Gasteiger partial charge in [0.1, 0.15) is 5.71 Å². The molecule has 0 saturated carbocycles. The Morgan fingerprint density at radius 1 is 0.739 bits per heavy atom. The third-order valence-corrected chi connectivity index (χ3v) is 3.53. The van der Waals surface area contributed by atoms with Crippen LogP contribution in [0, 0.1) is 0 Å². The van der Waals surface area contributed by atoms with Gasteiger partial charge in [-0.1, -0.05) is 18.2 Å². The van der Waals surface area contributed by atoms with E-state index in [9.17, 15) is 0 Å². The number of aromatic nitrogens is 2. The van der Waals surface area contributed by atoms with Gasteiger partial charge in [-0.2, -0.15) is 5.10 Å². The third-order valence-electron chi connectivity index (χ3n) is 3.53. The molecule has 2 aromatic heterocycles. The Balaban J connectivity index is 1.87. The second kappa shape index (κ2) is 5.81. The van der Waals surface area contributed by atoms with E-state index in [-0.39, 0.29) is 0 Å². The van der Waals surface area contributed by atoms with Crippen molar-refractivity contribution in [3.05, 3.63) is 90.0 Å². The third kappa shape index (κ3) is 2.60. The molecule has 3 heterocycles. The number of fused-ring (bicyclic) bond motifs is 1. The zero-order chi connectivity index (χ0) is 15.5. The van der Waals surface area contributed by atoms with Gasteiger partial charge in [-0.25, -0.2) is 4.99 Å². The lowest BCUT2D eigenvalue weighted by Crippen LogP contribution is -2.19. The molecule has 23 heavy (non-hydrogen) atoms. The van der Waals surface area contributed by atoms with E-state index in [2.05, 4.69) is 20.5 Å². The highest BCUT2D eigenvalue weighted by Gasteiger charge is 2.16. The van der Waals surface area contributed by atoms with Crippen LogP contribution in [-0.4, -0.2) is 21.5 Å². The molecular weight excluding hydrogens is 286 g/mol. The Bertz CT molecular complexity index is 886. The van der Waals surface area contributed by atoms with Gasteiger partial charge in [0.25, 0.3) is 0 Å². The molecule has 0 aliphatic carbocycles. The highest BCUT2D eigenvalue weighted by Crippen LogP contribution is 2.25. The second-order valence-corrected chi connectivity index (χ2v) is 5.03. The maximum Gasteiger partial charge on any atom is 0.155 e. The lowest BCUT2D eigenvalue weighted by Gasteiger charge is -2.06. The highest BCUT2D eigenvalue weighted by atomic mass is 15.3. The minimum Gasteiger partial charge on any atom is -0.264 e. The molecule has 0 bridgehead atoms. The van der Waals surface area contributed by atoms with E-state index in [0.29, 0.717) is 5.84 Å². The van der Waals surface area contributed by atoms with Gasteiger partial charge < -0.3 is 0 Å². The van der Waals surface area contributed by atoms with E-state index in [1.807, 2.05) is 48.5 Å². The van der Waals surface area contributed by atoms with Crippen molar-refractivity contribution in [1.82, 2.24) is 15.4 Å². The second-order valence-electron chi connectivity index (χ2n) is 5.03. The average molecular weight is 299 g/mol. The predicted molar refractivity (Wildman–Crippen MR) is 89.9 cm³/mol. The maximum absolute atomic E-state index is 4.72. The zero-order valence-corrected chi connectivity index (χ0v) is 12.2. The van der Waals surface area contributed by atoms with Crippen molar-refractivity contribution in [1.29, 1.82) is 0 Å². The van der Waals surface area contributed by atoms with Crippen molar-refractivity contribution >= 4 is 17.2 Å². The molecular formula is C18H13N5. The van der Waals surface area contributed by atoms with Gasteiger partial charge in [0.2, 0.25) is 0 Å². The largest absolute Gasteiger partial charge is 0.264 e. The van der Waals surface area contributed by atoms with Crippen LogP contribution in [0.25, 0.3) is 0 Å². The number of hydrogen-bond acceptors (Lipinski definition) is 5. The molecule has 0 radical (unpaired) electrons. The molecule has 5 heteroatoms. The van der Waals surface area contributed by atoms with Crippen LogP contribution in [0.3, 0.4) is 0 Å². The van der Waals surface area contributed by atoms with Crippen molar-refractivity contribution < 1.29 is 0 Å². The SMILES string of the molecule is c1cncc(C2=Nc3ccccc3C(c3cccnc3)=NN2)c1. The fourth-order valence-electron chi connectivity index (χ4n) is 2.44. The summed E-state index contributed by atoms with van der Waals surface area (Å²) in [5.41, 5.74) is 7.53. The van der Waals surface area contributed by atoms with Crippen LogP contribution in [0.4, 0.5) is 5.69 Å². The Hall–Kier alpha value is -3.34. The first-order valence-electron chi connectivity index (χ1n) is 7.24. The van der Waals surface area contributed by atoms with Crippen molar-refractivity contribution in [2.24, 2.45) is 10.1 Å². The van der Waals surface area contributed by atoms with Gasteiger partial charge in [-0.15, -0.1) is 0 Å². The summed E-state index contributed by atoms with van der Waals surface area (Å²) in [6, 6.07) is 15.6. The van der Waals surface area contributed by atoms with Gasteiger partial charge in [-0.3, -0.25) is 15.4 Å². The van der Waals surface area contributed by atoms with E-state index >= 15 is 0 Å². The summed E-state index contributed by atoms with van der Waals surface area (Å²) in [4.78, 5) is 13.0. The summed E-state index contributed by atoms with van der Waals surface area (Å²) < 4.78 is 0. The number of rotatable bonds is 2. The van der Waals surface area contributed by atoms with Crippen molar-refractivity contribution in [2.75, 3.05) is 0 Å². The van der Waals surface area contributed by atoms with Crippen molar-refractivity contribution in [3.8, 4) is 0 Å². The number of hydrogen-bond donors (Lipinski definition) is 1. The first kappa shape index (κ1) is 13.3. The maximum atomic E-state index is 4.72. The number of benzene rings is 1. The summed E-state index contributed by atoms with van der Waals surface area (Å²) in [5.74, 6) is 0.671. The van der Waals surface area contributed by atoms with Crippen molar-refractivity contribution in [2.45, 2.75) is 0 Å². The van der Waals surface area contributed by atoms with Crippen LogP contribution in [0.15, 0.2) is 83.4 Å². The fraction of sp³-hybridized carbons (Fsp3) is 0. The monoisotopic (exact) mass is 299 g/mol. The summed E-state index contributed by atoms with van der Waals surface area (Å²) in [7, 11) is 0. The van der Waals surface area contributed by atoms with Gasteiger partial charge in [0.05, 0.1) is 5.69 Å². The molecule has 0 amide bonds. The van der Waals surface area contributed by atoms with E-state index in [0.717, 1.165) is 28.1 Å². The molecule has 1 aromatic carbocycles. The summed E-state index contributed by atoms with van der Waals surface area (Å²) in [6.07, 6.45) is 7.04. The first-order chi connectivity index (χ1) is 11.4. The Labute approximate surface area is 133 Å². The van der Waals surface area contributed by atoms with E-state index < -0.39 is 0 Å². The summed E-state index contributed by atoms with van der Waals surface area (Å²) in [5, 5.41) is 4.56. The first-order valence-corrected chi connectivity index (χ1v) is 7.24. The van der Waals surface area contributed by atoms with Crippen LogP contribution in [0.1, 0.15) is 16.7 Å². The van der Waals surface area contributed by atoms with E-state index in [1.54, 1.807) is 24.8 Å². The topological polar surface area (TPSA) is 62.5 Å². The fourth-order valence-corrected chi connectivity index (χ4v) is 2.44. The Kier molecular flexibility index (Phi) is 3.37. The summed E-state index contributed by atoms with van der Waals surface area (Å²) in [6.45, 7) is 0. The molecule has 4 rings (SSSR count). The molecule has 0 spiro atoms. The molecule has 0 atom stereocenters. The Morgan fingerprint density at radius 2 is 1.48 bits per heavy atom. The molecule has 1 N–H and O–H groups in total. The van der Waals surface area contributed by atoms with Gasteiger partial charge in [0, 0.05) is 41.5 Å². The zero-order valence-electron chi connectivity index (χ0n) is 12.2. The average Bonchev–Trinajstić information content (AvgIpc) is 2.83. The lowest BCUT2D eigenvalue weighted by molar-refractivity contribution is 1.03. The number of aliphatic imine (C=N–C) groups is 1. The van der Waals surface area contributed by atoms with Crippen LogP contribution in [0.5, 0.6) is 0 Å². The molecule has 110 valence electrons. The van der Waals surface area contributed by atoms with Gasteiger partial charge in [-0.05, 0) is 30.3 Å². The van der Waals surface area contributed by atoms with Gasteiger partial charge >= 0.3 is 0 Å². The quantitative estimate of drug-likeness (QED) is 0.791. The van der Waals surface area contributed by atoms with Crippen LogP contribution in [-0.2, 0) is 0 Å². The Morgan fingerprint density at radius 3 is 2.22 bits per heavy atom. The number of nitrogens with one attached hydrogen (secondary N) is 1. The van der Waals surface area contributed by atoms with E-state index in [4.69, 9.17) is 4.99 Å². The predicted octanol–water partition coefficient (Wildman–Crippen LogP) is 2.91. The lowest BCUT2D eigenvalue weighted by atomic mass is 10.0. The molecule has 3 aromatic rings. The minimum absolute atomic E-state index is 0.671. The number of nitrogens with zero attached hydrogens (tertiary/aromatic N) is 4. The van der Waals surface area contributed by atoms with Gasteiger partial charge in [0.15, 0.2) is 5.84 Å². The van der Waals surface area contributed by atoms with Crippen LogP contribution in [0.2, 0.25) is 0 Å².